The van der Waals surface area contributed by atoms with Gasteiger partial charge in [0.15, 0.2) is 0 Å². The summed E-state index contributed by atoms with van der Waals surface area (Å²) in [6.07, 6.45) is 0.969. The molecule has 19 heavy (non-hydrogen) atoms. The van der Waals surface area contributed by atoms with Crippen molar-refractivity contribution in [3.63, 3.8) is 0 Å². The molecule has 4 nitrogen and oxygen atoms in total. The Kier molecular flexibility index (Phi) is 4.58. The van der Waals surface area contributed by atoms with Crippen LogP contribution in [0.5, 0.6) is 0 Å². The zero-order valence-electron chi connectivity index (χ0n) is 11.8. The third-order valence-corrected chi connectivity index (χ3v) is 4.94. The van der Waals surface area contributed by atoms with Crippen molar-refractivity contribution in [3.8, 4) is 0 Å². The van der Waals surface area contributed by atoms with Gasteiger partial charge in [0.05, 0.1) is 16.6 Å². The molecule has 1 aromatic heterocycles. The Bertz CT molecular complexity index is 444. The zero-order valence-corrected chi connectivity index (χ0v) is 12.6. The van der Waals surface area contributed by atoms with E-state index in [9.17, 15) is 9.90 Å². The number of aromatic nitrogens is 1. The first-order valence-electron chi connectivity index (χ1n) is 6.89. The summed E-state index contributed by atoms with van der Waals surface area (Å²) in [5.74, 6) is -0.229. The molecule has 5 heteroatoms. The molecular weight excluding hydrogens is 260 g/mol. The quantitative estimate of drug-likeness (QED) is 0.901. The number of nitrogens with zero attached hydrogens (tertiary/aromatic N) is 2. The molecule has 2 heterocycles. The summed E-state index contributed by atoms with van der Waals surface area (Å²) in [5.41, 5.74) is 1.08. The molecule has 0 aliphatic carbocycles. The van der Waals surface area contributed by atoms with Crippen LogP contribution in [0.1, 0.15) is 31.5 Å². The van der Waals surface area contributed by atoms with Crippen LogP contribution in [0.4, 0.5) is 0 Å². The van der Waals surface area contributed by atoms with E-state index in [1.54, 1.807) is 11.3 Å². The minimum atomic E-state index is -0.659. The lowest BCUT2D eigenvalue weighted by Crippen LogP contribution is -2.25. The van der Waals surface area contributed by atoms with E-state index in [-0.39, 0.29) is 11.8 Å². The van der Waals surface area contributed by atoms with Crippen LogP contribution in [0.3, 0.4) is 0 Å². The molecule has 0 unspecified atom stereocenters. The molecule has 1 saturated heterocycles. The molecule has 0 spiro atoms. The van der Waals surface area contributed by atoms with E-state index in [1.165, 1.54) is 0 Å². The second kappa shape index (κ2) is 6.01. The van der Waals surface area contributed by atoms with Gasteiger partial charge in [0.1, 0.15) is 0 Å². The van der Waals surface area contributed by atoms with Crippen LogP contribution in [0.15, 0.2) is 5.38 Å². The Balaban J connectivity index is 2.01. The second-order valence-corrected chi connectivity index (χ2v) is 6.58. The Hall–Kier alpha value is -0.940. The lowest BCUT2D eigenvalue weighted by Gasteiger charge is -2.18. The fourth-order valence-electron chi connectivity index (χ4n) is 2.79. The number of aryl methyl sites for hydroxylation is 1. The topological polar surface area (TPSA) is 53.4 Å². The van der Waals surface area contributed by atoms with Crippen LogP contribution in [0.2, 0.25) is 0 Å². The van der Waals surface area contributed by atoms with Gasteiger partial charge in [0, 0.05) is 25.0 Å². The Labute approximate surface area is 118 Å². The number of likely N-dealkylation sites (tertiary alicyclic amines) is 1. The maximum Gasteiger partial charge on any atom is 0.308 e. The third-order valence-electron chi connectivity index (χ3n) is 3.90. The van der Waals surface area contributed by atoms with E-state index in [4.69, 9.17) is 0 Å². The molecule has 0 aromatic carbocycles. The maximum absolute atomic E-state index is 11.3. The lowest BCUT2D eigenvalue weighted by molar-refractivity contribution is -0.143. The van der Waals surface area contributed by atoms with Crippen LogP contribution < -0.4 is 0 Å². The van der Waals surface area contributed by atoms with Crippen LogP contribution in [-0.2, 0) is 17.8 Å². The van der Waals surface area contributed by atoms with Gasteiger partial charge in [0.25, 0.3) is 0 Å². The first-order chi connectivity index (χ1) is 9.01. The summed E-state index contributed by atoms with van der Waals surface area (Å²) in [4.78, 5) is 18.1. The summed E-state index contributed by atoms with van der Waals surface area (Å²) in [7, 11) is 0. The first-order valence-corrected chi connectivity index (χ1v) is 7.77. The molecule has 1 aromatic rings. The molecule has 0 saturated carbocycles. The minimum Gasteiger partial charge on any atom is -0.481 e. The molecule has 1 N–H and O–H groups in total. The van der Waals surface area contributed by atoms with Crippen molar-refractivity contribution in [1.29, 1.82) is 0 Å². The SMILES string of the molecule is CCc1nc(CN2C[C@@H](C(=O)O)[C@H](C(C)C)C2)cs1. The molecule has 2 rings (SSSR count). The molecule has 1 aliphatic heterocycles. The van der Waals surface area contributed by atoms with Crippen LogP contribution in [-0.4, -0.2) is 34.0 Å². The van der Waals surface area contributed by atoms with E-state index < -0.39 is 5.97 Å². The smallest absolute Gasteiger partial charge is 0.308 e. The van der Waals surface area contributed by atoms with Crippen molar-refractivity contribution in [2.45, 2.75) is 33.7 Å². The average molecular weight is 282 g/mol. The number of aliphatic carboxylic acids is 1. The Morgan fingerprint density at radius 1 is 1.58 bits per heavy atom. The molecule has 0 amide bonds. The van der Waals surface area contributed by atoms with E-state index in [2.05, 4.69) is 36.0 Å². The van der Waals surface area contributed by atoms with Crippen LogP contribution in [0, 0.1) is 17.8 Å². The number of rotatable bonds is 5. The molecule has 0 bridgehead atoms. The summed E-state index contributed by atoms with van der Waals surface area (Å²) in [6.45, 7) is 8.63. The maximum atomic E-state index is 11.3. The number of hydrogen-bond acceptors (Lipinski definition) is 4. The highest BCUT2D eigenvalue weighted by molar-refractivity contribution is 7.09. The molecule has 2 atom stereocenters. The Morgan fingerprint density at radius 3 is 2.79 bits per heavy atom. The van der Waals surface area contributed by atoms with Crippen molar-refractivity contribution >= 4 is 17.3 Å². The van der Waals surface area contributed by atoms with Gasteiger partial charge in [-0.15, -0.1) is 11.3 Å². The van der Waals surface area contributed by atoms with Gasteiger partial charge in [-0.3, -0.25) is 9.69 Å². The van der Waals surface area contributed by atoms with E-state index in [1.807, 2.05) is 0 Å². The number of carboxylic acid groups (broad SMARTS) is 1. The van der Waals surface area contributed by atoms with Crippen molar-refractivity contribution < 1.29 is 9.90 Å². The fourth-order valence-corrected chi connectivity index (χ4v) is 3.53. The van der Waals surface area contributed by atoms with Gasteiger partial charge in [-0.05, 0) is 18.3 Å². The second-order valence-electron chi connectivity index (χ2n) is 5.63. The standard InChI is InChI=1S/C14H22N2O2S/c1-4-13-15-10(8-19-13)5-16-6-11(9(2)3)12(7-16)14(17)18/h8-9,11-12H,4-7H2,1-3H3,(H,17,18)/t11-,12+/m0/s1. The van der Waals surface area contributed by atoms with Gasteiger partial charge in [-0.25, -0.2) is 4.98 Å². The molecule has 1 fully saturated rings. The first kappa shape index (κ1) is 14.5. The highest BCUT2D eigenvalue weighted by atomic mass is 32.1. The van der Waals surface area contributed by atoms with Crippen LogP contribution >= 0.6 is 11.3 Å². The van der Waals surface area contributed by atoms with E-state index >= 15 is 0 Å². The predicted molar refractivity (Wildman–Crippen MR) is 76.2 cm³/mol. The number of hydrogen-bond donors (Lipinski definition) is 1. The van der Waals surface area contributed by atoms with Crippen LogP contribution in [0.25, 0.3) is 0 Å². The number of carbonyl (C=O) groups is 1. The zero-order chi connectivity index (χ0) is 14.0. The van der Waals surface area contributed by atoms with E-state index in [0.717, 1.165) is 30.2 Å². The number of thiazole rings is 1. The third kappa shape index (κ3) is 3.34. The van der Waals surface area contributed by atoms with Gasteiger partial charge in [-0.1, -0.05) is 20.8 Å². The summed E-state index contributed by atoms with van der Waals surface area (Å²) >= 11 is 1.69. The highest BCUT2D eigenvalue weighted by Crippen LogP contribution is 2.30. The van der Waals surface area contributed by atoms with Crippen molar-refractivity contribution in [3.05, 3.63) is 16.1 Å². The predicted octanol–water partition coefficient (Wildman–Crippen LogP) is 2.49. The summed E-state index contributed by atoms with van der Waals surface area (Å²) in [6, 6.07) is 0. The van der Waals surface area contributed by atoms with Gasteiger partial charge in [-0.2, -0.15) is 0 Å². The summed E-state index contributed by atoms with van der Waals surface area (Å²) < 4.78 is 0. The monoisotopic (exact) mass is 282 g/mol. The van der Waals surface area contributed by atoms with Crippen molar-refractivity contribution in [1.82, 2.24) is 9.88 Å². The normalized spacial score (nSPS) is 24.2. The average Bonchev–Trinajstić information content (AvgIpc) is 2.96. The summed E-state index contributed by atoms with van der Waals surface area (Å²) in [5, 5.41) is 12.6. The van der Waals surface area contributed by atoms with Gasteiger partial charge < -0.3 is 5.11 Å². The Morgan fingerprint density at radius 2 is 2.32 bits per heavy atom. The van der Waals surface area contributed by atoms with Crippen molar-refractivity contribution in [2.24, 2.45) is 17.8 Å². The fraction of sp³-hybridized carbons (Fsp3) is 0.714. The number of carboxylic acids is 1. The van der Waals surface area contributed by atoms with Crippen molar-refractivity contribution in [2.75, 3.05) is 13.1 Å². The molecule has 106 valence electrons. The largest absolute Gasteiger partial charge is 0.481 e. The lowest BCUT2D eigenvalue weighted by atomic mass is 9.86. The molecule has 1 aliphatic rings. The minimum absolute atomic E-state index is 0.232. The van der Waals surface area contributed by atoms with E-state index in [0.29, 0.717) is 12.5 Å². The highest BCUT2D eigenvalue weighted by Gasteiger charge is 2.39. The molecule has 0 radical (unpaired) electrons. The van der Waals surface area contributed by atoms with Gasteiger partial charge >= 0.3 is 5.97 Å². The van der Waals surface area contributed by atoms with Gasteiger partial charge in [0.2, 0.25) is 0 Å². The molecular formula is C14H22N2O2S.